The van der Waals surface area contributed by atoms with E-state index in [9.17, 15) is 14.3 Å². The number of hydrogen-bond acceptors (Lipinski definition) is 2. The number of ether oxygens (including phenoxy) is 1. The molecule has 2 bridgehead atoms. The highest BCUT2D eigenvalue weighted by Gasteiger charge is 2.62. The highest BCUT2D eigenvalue weighted by atomic mass is 19.1. The third-order valence-electron chi connectivity index (χ3n) is 6.17. The molecule has 3 rings (SSSR count). The first-order valence-corrected chi connectivity index (χ1v) is 7.46. The van der Waals surface area contributed by atoms with Crippen LogP contribution in [0.25, 0.3) is 0 Å². The first-order chi connectivity index (χ1) is 9.77. The lowest BCUT2D eigenvalue weighted by molar-refractivity contribution is 0.0264. The van der Waals surface area contributed by atoms with Crippen LogP contribution in [0, 0.1) is 22.6 Å². The minimum atomic E-state index is -1.16. The van der Waals surface area contributed by atoms with Crippen LogP contribution in [-0.4, -0.2) is 17.2 Å². The second-order valence-corrected chi connectivity index (χ2v) is 7.14. The van der Waals surface area contributed by atoms with Gasteiger partial charge >= 0.3 is 5.97 Å². The van der Waals surface area contributed by atoms with E-state index in [4.69, 9.17) is 4.74 Å². The molecule has 1 aromatic carbocycles. The van der Waals surface area contributed by atoms with E-state index >= 15 is 0 Å². The number of benzene rings is 1. The summed E-state index contributed by atoms with van der Waals surface area (Å²) in [4.78, 5) is 11.3. The molecule has 3 atom stereocenters. The van der Waals surface area contributed by atoms with E-state index in [1.54, 1.807) is 0 Å². The Bertz CT molecular complexity index is 596. The predicted molar refractivity (Wildman–Crippen MR) is 77.0 cm³/mol. The van der Waals surface area contributed by atoms with Crippen molar-refractivity contribution in [3.8, 4) is 5.75 Å². The van der Waals surface area contributed by atoms with Crippen LogP contribution in [0.2, 0.25) is 0 Å². The third kappa shape index (κ3) is 1.88. The Morgan fingerprint density at radius 1 is 1.38 bits per heavy atom. The molecular weight excluding hydrogens is 271 g/mol. The quantitative estimate of drug-likeness (QED) is 0.911. The molecule has 21 heavy (non-hydrogen) atoms. The molecule has 2 aliphatic rings. The van der Waals surface area contributed by atoms with Gasteiger partial charge in [0.25, 0.3) is 0 Å². The molecule has 0 saturated heterocycles. The van der Waals surface area contributed by atoms with Gasteiger partial charge in [0.1, 0.15) is 11.7 Å². The molecule has 2 aliphatic carbocycles. The van der Waals surface area contributed by atoms with Crippen molar-refractivity contribution in [2.75, 3.05) is 0 Å². The number of aromatic carboxylic acids is 1. The standard InChI is InChI=1S/C17H21FO3/c1-16(2)10-7-8-17(16,3)13(9-10)21-14-11(15(19)20)5-4-6-12(14)18/h4-6,10,13H,7-9H2,1-3H3,(H,19,20). The van der Waals surface area contributed by atoms with Crippen molar-refractivity contribution < 1.29 is 19.0 Å². The van der Waals surface area contributed by atoms with Crippen LogP contribution in [0.15, 0.2) is 18.2 Å². The van der Waals surface area contributed by atoms with Crippen LogP contribution >= 0.6 is 0 Å². The Labute approximate surface area is 124 Å². The van der Waals surface area contributed by atoms with E-state index in [0.717, 1.165) is 12.8 Å². The van der Waals surface area contributed by atoms with E-state index in [1.807, 2.05) is 0 Å². The molecule has 0 spiro atoms. The Hall–Kier alpha value is -1.58. The Kier molecular flexibility index (Phi) is 3.05. The maximum Gasteiger partial charge on any atom is 0.339 e. The van der Waals surface area contributed by atoms with Crippen molar-refractivity contribution in [1.29, 1.82) is 0 Å². The summed E-state index contributed by atoms with van der Waals surface area (Å²) in [7, 11) is 0. The van der Waals surface area contributed by atoms with Gasteiger partial charge in [-0.15, -0.1) is 0 Å². The second-order valence-electron chi connectivity index (χ2n) is 7.14. The zero-order chi connectivity index (χ0) is 15.4. The molecule has 4 heteroatoms. The zero-order valence-corrected chi connectivity index (χ0v) is 12.6. The molecule has 0 amide bonds. The summed E-state index contributed by atoms with van der Waals surface area (Å²) in [6.07, 6.45) is 2.97. The summed E-state index contributed by atoms with van der Waals surface area (Å²) < 4.78 is 20.0. The number of rotatable bonds is 3. The molecule has 2 fully saturated rings. The normalized spacial score (nSPS) is 33.1. The summed E-state index contributed by atoms with van der Waals surface area (Å²) in [6, 6.07) is 4.04. The largest absolute Gasteiger partial charge is 0.486 e. The fourth-order valence-electron chi connectivity index (χ4n) is 4.25. The monoisotopic (exact) mass is 292 g/mol. The van der Waals surface area contributed by atoms with Crippen LogP contribution in [-0.2, 0) is 0 Å². The van der Waals surface area contributed by atoms with Gasteiger partial charge in [-0.1, -0.05) is 26.8 Å². The Morgan fingerprint density at radius 3 is 2.62 bits per heavy atom. The highest BCUT2D eigenvalue weighted by molar-refractivity contribution is 5.90. The van der Waals surface area contributed by atoms with Gasteiger partial charge < -0.3 is 9.84 Å². The molecule has 2 saturated carbocycles. The predicted octanol–water partition coefficient (Wildman–Crippen LogP) is 4.12. The number of fused-ring (bicyclic) bond motifs is 2. The first kappa shape index (κ1) is 14.4. The van der Waals surface area contributed by atoms with Crippen LogP contribution in [0.3, 0.4) is 0 Å². The molecule has 0 heterocycles. The summed E-state index contributed by atoms with van der Waals surface area (Å²) in [5.74, 6) is -1.30. The number of para-hydroxylation sites is 1. The van der Waals surface area contributed by atoms with Gasteiger partial charge in [0.15, 0.2) is 11.6 Å². The first-order valence-electron chi connectivity index (χ1n) is 7.46. The average Bonchev–Trinajstić information content (AvgIpc) is 2.73. The number of hydrogen-bond donors (Lipinski definition) is 1. The molecular formula is C17H21FO3. The van der Waals surface area contributed by atoms with Gasteiger partial charge in [0, 0.05) is 5.41 Å². The summed E-state index contributed by atoms with van der Waals surface area (Å²) in [5, 5.41) is 9.22. The third-order valence-corrected chi connectivity index (χ3v) is 6.17. The van der Waals surface area contributed by atoms with E-state index in [0.29, 0.717) is 5.92 Å². The molecule has 114 valence electrons. The topological polar surface area (TPSA) is 46.5 Å². The zero-order valence-electron chi connectivity index (χ0n) is 12.6. The molecule has 0 aliphatic heterocycles. The van der Waals surface area contributed by atoms with Gasteiger partial charge in [-0.2, -0.15) is 0 Å². The van der Waals surface area contributed by atoms with Gasteiger partial charge in [0.2, 0.25) is 0 Å². The lowest BCUT2D eigenvalue weighted by Crippen LogP contribution is -2.39. The van der Waals surface area contributed by atoms with Gasteiger partial charge in [-0.25, -0.2) is 9.18 Å². The maximum absolute atomic E-state index is 14.0. The number of carboxylic acids is 1. The Morgan fingerprint density at radius 2 is 2.10 bits per heavy atom. The SMILES string of the molecule is CC1(C)C2CCC1(C)C(Oc1c(F)cccc1C(=O)O)C2. The fourth-order valence-corrected chi connectivity index (χ4v) is 4.25. The lowest BCUT2D eigenvalue weighted by atomic mass is 9.70. The van der Waals surface area contributed by atoms with Crippen LogP contribution in [0.4, 0.5) is 4.39 Å². The number of carbonyl (C=O) groups is 1. The number of halogens is 1. The van der Waals surface area contributed by atoms with Crippen LogP contribution in [0.5, 0.6) is 5.75 Å². The van der Waals surface area contributed by atoms with Crippen molar-refractivity contribution in [3.63, 3.8) is 0 Å². The highest BCUT2D eigenvalue weighted by Crippen LogP contribution is 2.66. The smallest absolute Gasteiger partial charge is 0.339 e. The average molecular weight is 292 g/mol. The summed E-state index contributed by atoms with van der Waals surface area (Å²) in [5.41, 5.74) is 0.0151. The minimum Gasteiger partial charge on any atom is -0.486 e. The molecule has 1 N–H and O–H groups in total. The molecule has 3 unspecified atom stereocenters. The van der Waals surface area contributed by atoms with Crippen molar-refractivity contribution in [3.05, 3.63) is 29.6 Å². The van der Waals surface area contributed by atoms with E-state index in [1.165, 1.54) is 24.6 Å². The number of carboxylic acid groups (broad SMARTS) is 1. The maximum atomic E-state index is 14.0. The van der Waals surface area contributed by atoms with Gasteiger partial charge in [0.05, 0.1) is 0 Å². The van der Waals surface area contributed by atoms with E-state index in [-0.39, 0.29) is 28.2 Å². The lowest BCUT2D eigenvalue weighted by Gasteiger charge is -2.39. The van der Waals surface area contributed by atoms with Crippen LogP contribution < -0.4 is 4.74 Å². The fraction of sp³-hybridized carbons (Fsp3) is 0.588. The molecule has 1 aromatic rings. The Balaban J connectivity index is 1.95. The summed E-state index contributed by atoms with van der Waals surface area (Å²) >= 11 is 0. The van der Waals surface area contributed by atoms with E-state index in [2.05, 4.69) is 20.8 Å². The minimum absolute atomic E-state index is 0.0320. The second kappa shape index (κ2) is 4.46. The van der Waals surface area contributed by atoms with Crippen molar-refractivity contribution in [1.82, 2.24) is 0 Å². The van der Waals surface area contributed by atoms with Gasteiger partial charge in [-0.05, 0) is 42.7 Å². The van der Waals surface area contributed by atoms with Crippen molar-refractivity contribution in [2.24, 2.45) is 16.7 Å². The molecule has 0 aromatic heterocycles. The molecule has 0 radical (unpaired) electrons. The van der Waals surface area contributed by atoms with Crippen molar-refractivity contribution in [2.45, 2.75) is 46.1 Å². The van der Waals surface area contributed by atoms with Crippen molar-refractivity contribution >= 4 is 5.97 Å². The van der Waals surface area contributed by atoms with Gasteiger partial charge in [-0.3, -0.25) is 0 Å². The summed E-state index contributed by atoms with van der Waals surface area (Å²) in [6.45, 7) is 6.67. The molecule has 3 nitrogen and oxygen atoms in total. The van der Waals surface area contributed by atoms with Crippen LogP contribution in [0.1, 0.15) is 50.4 Å². The van der Waals surface area contributed by atoms with E-state index < -0.39 is 11.8 Å².